The zero-order valence-electron chi connectivity index (χ0n) is 32.7. The maximum absolute atomic E-state index is 4.93. The van der Waals surface area contributed by atoms with Crippen LogP contribution in [0.25, 0.3) is 0 Å². The third-order valence-corrected chi connectivity index (χ3v) is 16.2. The van der Waals surface area contributed by atoms with Crippen LogP contribution in [0.2, 0.25) is 0 Å². The van der Waals surface area contributed by atoms with Gasteiger partial charge in [-0.1, -0.05) is 130 Å². The minimum atomic E-state index is -0.826. The average Bonchev–Trinajstić information content (AvgIpc) is 3.85. The van der Waals surface area contributed by atoms with Crippen LogP contribution < -0.4 is 0 Å². The Labute approximate surface area is 326 Å². The zero-order chi connectivity index (χ0) is 35.5. The fourth-order valence-corrected chi connectivity index (χ4v) is 14.1. The molecular weight excluding hydrogens is 727 g/mol. The van der Waals surface area contributed by atoms with Gasteiger partial charge in [-0.15, -0.1) is 0 Å². The fourth-order valence-electron chi connectivity index (χ4n) is 14.1. The SMILES string of the molecule is CC1CC2C(CC3CCCC3C2c2ccc(C(C)(C)C)cc2)C1CC1C(C)CC2C1CC1CCCC1C2c1ccc(C(C)(C)C)cc1.[Cl][Zr][Cl]. The van der Waals surface area contributed by atoms with Gasteiger partial charge in [0.25, 0.3) is 0 Å². The molecule has 3 heteroatoms. The number of hydrogen-bond acceptors (Lipinski definition) is 0. The molecule has 0 aliphatic heterocycles. The third kappa shape index (κ3) is 7.33. The van der Waals surface area contributed by atoms with Gasteiger partial charge < -0.3 is 0 Å². The van der Waals surface area contributed by atoms with Crippen LogP contribution in [0, 0.1) is 71.0 Å². The summed E-state index contributed by atoms with van der Waals surface area (Å²) in [5, 5.41) is 0. The third-order valence-electron chi connectivity index (χ3n) is 16.2. The van der Waals surface area contributed by atoms with E-state index in [4.69, 9.17) is 17.0 Å². The molecule has 274 valence electrons. The van der Waals surface area contributed by atoms with Gasteiger partial charge in [-0.2, -0.15) is 0 Å². The van der Waals surface area contributed by atoms with E-state index in [-0.39, 0.29) is 10.8 Å². The summed E-state index contributed by atoms with van der Waals surface area (Å²) in [6, 6.07) is 20.3. The molecule has 0 radical (unpaired) electrons. The molecule has 0 nitrogen and oxygen atoms in total. The summed E-state index contributed by atoms with van der Waals surface area (Å²) in [4.78, 5) is 0. The predicted molar refractivity (Wildman–Crippen MR) is 211 cm³/mol. The summed E-state index contributed by atoms with van der Waals surface area (Å²) in [5.74, 6) is 13.0. The topological polar surface area (TPSA) is 0 Å². The Morgan fingerprint density at radius 2 is 0.880 bits per heavy atom. The molecule has 0 spiro atoms. The van der Waals surface area contributed by atoms with Gasteiger partial charge in [0.1, 0.15) is 0 Å². The van der Waals surface area contributed by atoms with E-state index in [1.54, 1.807) is 30.4 Å². The normalized spacial score (nSPS) is 40.7. The summed E-state index contributed by atoms with van der Waals surface area (Å²) in [6.45, 7) is 19.6. The van der Waals surface area contributed by atoms with Gasteiger partial charge in [-0.05, 0) is 161 Å². The van der Waals surface area contributed by atoms with Gasteiger partial charge in [-0.25, -0.2) is 0 Å². The average molecular weight is 795 g/mol. The standard InChI is InChI=1S/C47H68.2ClH.Zr/c1-28-23-42-40(25-32-11-9-13-36(32)44(42)30-15-19-34(20-16-30)46(3,4)5)38(28)27-39-29(2)24-43-41(39)26-33-12-10-14-37(33)45(43)31-17-21-35(22-18-31)47(6,7)8;;;/h15-22,28-29,32-33,36-45H,9-14,23-27H2,1-8H3;2*1H;/q;;;+2/p-2. The molecule has 6 saturated carbocycles. The molecule has 0 aromatic heterocycles. The molecule has 2 aromatic rings. The van der Waals surface area contributed by atoms with Crippen molar-refractivity contribution in [3.63, 3.8) is 0 Å². The first kappa shape index (κ1) is 38.2. The molecule has 0 bridgehead atoms. The van der Waals surface area contributed by atoms with E-state index in [0.29, 0.717) is 0 Å². The quantitative estimate of drug-likeness (QED) is 0.289. The van der Waals surface area contributed by atoms with Crippen molar-refractivity contribution < 1.29 is 20.8 Å². The molecule has 6 aliphatic carbocycles. The number of fused-ring (bicyclic) bond motifs is 4. The summed E-state index contributed by atoms with van der Waals surface area (Å²) in [5.41, 5.74) is 6.87. The van der Waals surface area contributed by atoms with E-state index in [1.807, 2.05) is 0 Å². The first-order valence-electron chi connectivity index (χ1n) is 21.0. The van der Waals surface area contributed by atoms with E-state index in [1.165, 1.54) is 62.5 Å². The van der Waals surface area contributed by atoms with Crippen LogP contribution in [0.5, 0.6) is 0 Å². The van der Waals surface area contributed by atoms with Crippen molar-refractivity contribution in [3.8, 4) is 0 Å². The number of hydrogen-bond donors (Lipinski definition) is 0. The molecule has 0 N–H and O–H groups in total. The van der Waals surface area contributed by atoms with Crippen LogP contribution in [0.4, 0.5) is 0 Å². The summed E-state index contributed by atoms with van der Waals surface area (Å²) < 4.78 is 0. The number of halogens is 2. The second kappa shape index (κ2) is 15.2. The Bertz CT molecular complexity index is 1310. The van der Waals surface area contributed by atoms with Crippen molar-refractivity contribution >= 4 is 17.0 Å². The van der Waals surface area contributed by atoms with Gasteiger partial charge >= 0.3 is 37.9 Å². The molecule has 0 amide bonds. The van der Waals surface area contributed by atoms with E-state index < -0.39 is 20.8 Å². The van der Waals surface area contributed by atoms with Crippen molar-refractivity contribution in [2.45, 2.75) is 149 Å². The van der Waals surface area contributed by atoms with Gasteiger partial charge in [0.2, 0.25) is 0 Å². The Morgan fingerprint density at radius 3 is 1.22 bits per heavy atom. The van der Waals surface area contributed by atoms with Crippen LogP contribution in [-0.2, 0) is 31.7 Å². The minimum absolute atomic E-state index is 0.235. The molecule has 50 heavy (non-hydrogen) atoms. The van der Waals surface area contributed by atoms with E-state index in [0.717, 1.165) is 82.9 Å². The van der Waals surface area contributed by atoms with Crippen molar-refractivity contribution in [3.05, 3.63) is 70.8 Å². The molecule has 0 saturated heterocycles. The number of rotatable bonds is 4. The Balaban J connectivity index is 0.00000126. The van der Waals surface area contributed by atoms with Gasteiger partial charge in [0.05, 0.1) is 0 Å². The van der Waals surface area contributed by atoms with Gasteiger partial charge in [-0.3, -0.25) is 0 Å². The Hall–Kier alpha value is -0.0969. The molecule has 2 aromatic carbocycles. The summed E-state index contributed by atoms with van der Waals surface area (Å²) >= 11 is -0.826. The molecule has 8 rings (SSSR count). The van der Waals surface area contributed by atoms with Crippen molar-refractivity contribution in [1.29, 1.82) is 0 Å². The number of benzene rings is 2. The van der Waals surface area contributed by atoms with Crippen molar-refractivity contribution in [2.24, 2.45) is 71.0 Å². The van der Waals surface area contributed by atoms with Crippen LogP contribution in [0.3, 0.4) is 0 Å². The first-order valence-corrected chi connectivity index (χ1v) is 27.3. The molecule has 0 heterocycles. The van der Waals surface area contributed by atoms with Crippen molar-refractivity contribution in [2.75, 3.05) is 0 Å². The Morgan fingerprint density at radius 1 is 0.520 bits per heavy atom. The van der Waals surface area contributed by atoms with E-state index in [9.17, 15) is 0 Å². The van der Waals surface area contributed by atoms with Crippen LogP contribution in [0.1, 0.15) is 160 Å². The van der Waals surface area contributed by atoms with Crippen LogP contribution in [0.15, 0.2) is 48.5 Å². The predicted octanol–water partition coefficient (Wildman–Crippen LogP) is 14.3. The van der Waals surface area contributed by atoms with Crippen molar-refractivity contribution in [1.82, 2.24) is 0 Å². The van der Waals surface area contributed by atoms with Crippen LogP contribution >= 0.6 is 17.0 Å². The molecule has 6 fully saturated rings. The second-order valence-electron chi connectivity index (χ2n) is 20.7. The van der Waals surface area contributed by atoms with E-state index in [2.05, 4.69) is 104 Å². The molecular formula is C47H68Cl2Zr. The fraction of sp³-hybridized carbons (Fsp3) is 0.745. The Kier molecular flexibility index (Phi) is 11.6. The van der Waals surface area contributed by atoms with Crippen LogP contribution in [-0.4, -0.2) is 0 Å². The molecule has 6 aliphatic rings. The maximum atomic E-state index is 4.93. The van der Waals surface area contributed by atoms with E-state index >= 15 is 0 Å². The molecule has 14 atom stereocenters. The first-order chi connectivity index (χ1) is 23.8. The summed E-state index contributed by atoms with van der Waals surface area (Å²) in [7, 11) is 9.87. The monoisotopic (exact) mass is 792 g/mol. The second-order valence-corrected chi connectivity index (χ2v) is 24.4. The molecule has 14 unspecified atom stereocenters. The zero-order valence-corrected chi connectivity index (χ0v) is 36.7. The summed E-state index contributed by atoms with van der Waals surface area (Å²) in [6.07, 6.45) is 16.6. The van der Waals surface area contributed by atoms with Gasteiger partial charge in [0, 0.05) is 0 Å². The van der Waals surface area contributed by atoms with Gasteiger partial charge in [0.15, 0.2) is 0 Å².